The van der Waals surface area contributed by atoms with Gasteiger partial charge >= 0.3 is 7.60 Å². The van der Waals surface area contributed by atoms with Crippen LogP contribution in [0.3, 0.4) is 0 Å². The SMILES string of the molecule is O=P(O)(O)c1cccc(-c2cccc(-n3c4ccccc4c4cc(Br)ccc43)c2)c1. The molecule has 0 aliphatic rings. The fourth-order valence-electron chi connectivity index (χ4n) is 3.91. The van der Waals surface area contributed by atoms with Gasteiger partial charge in [-0.1, -0.05) is 58.4 Å². The van der Waals surface area contributed by atoms with Crippen molar-refractivity contribution in [3.05, 3.63) is 95.5 Å². The molecule has 0 fully saturated rings. The van der Waals surface area contributed by atoms with Crippen molar-refractivity contribution >= 4 is 50.6 Å². The van der Waals surface area contributed by atoms with Crippen LogP contribution < -0.4 is 5.30 Å². The number of rotatable bonds is 3. The van der Waals surface area contributed by atoms with E-state index in [2.05, 4.69) is 44.8 Å². The van der Waals surface area contributed by atoms with Crippen molar-refractivity contribution in [2.45, 2.75) is 0 Å². The first kappa shape index (κ1) is 19.3. The van der Waals surface area contributed by atoms with E-state index < -0.39 is 7.60 Å². The summed E-state index contributed by atoms with van der Waals surface area (Å²) < 4.78 is 14.9. The quantitative estimate of drug-likeness (QED) is 0.312. The summed E-state index contributed by atoms with van der Waals surface area (Å²) >= 11 is 3.58. The number of hydrogen-bond donors (Lipinski definition) is 2. The summed E-state index contributed by atoms with van der Waals surface area (Å²) in [7, 11) is -4.30. The number of halogens is 1. The zero-order chi connectivity index (χ0) is 20.9. The molecule has 6 heteroatoms. The third kappa shape index (κ3) is 3.30. The van der Waals surface area contributed by atoms with Crippen LogP contribution in [-0.4, -0.2) is 14.4 Å². The fourth-order valence-corrected chi connectivity index (χ4v) is 4.86. The van der Waals surface area contributed by atoms with Crippen LogP contribution in [-0.2, 0) is 4.57 Å². The summed E-state index contributed by atoms with van der Waals surface area (Å²) in [6.45, 7) is 0. The molecular formula is C24H17BrNO3P. The molecule has 5 aromatic rings. The van der Waals surface area contributed by atoms with E-state index in [-0.39, 0.29) is 5.30 Å². The lowest BCUT2D eigenvalue weighted by Crippen LogP contribution is -2.03. The number of hydrogen-bond acceptors (Lipinski definition) is 1. The Morgan fingerprint density at radius 3 is 2.20 bits per heavy atom. The van der Waals surface area contributed by atoms with E-state index in [0.29, 0.717) is 0 Å². The van der Waals surface area contributed by atoms with Crippen molar-refractivity contribution in [1.82, 2.24) is 4.57 Å². The van der Waals surface area contributed by atoms with Crippen LogP contribution in [0.25, 0.3) is 38.6 Å². The van der Waals surface area contributed by atoms with Crippen molar-refractivity contribution in [2.75, 3.05) is 0 Å². The Morgan fingerprint density at radius 1 is 0.700 bits per heavy atom. The molecule has 2 N–H and O–H groups in total. The molecule has 0 saturated carbocycles. The van der Waals surface area contributed by atoms with Gasteiger partial charge in [0.1, 0.15) is 0 Å². The van der Waals surface area contributed by atoms with Crippen molar-refractivity contribution in [2.24, 2.45) is 0 Å². The number of aromatic nitrogens is 1. The van der Waals surface area contributed by atoms with E-state index >= 15 is 0 Å². The average Bonchev–Trinajstić information content (AvgIpc) is 3.07. The van der Waals surface area contributed by atoms with Gasteiger partial charge in [0.25, 0.3) is 0 Å². The number of fused-ring (bicyclic) bond motifs is 3. The maximum atomic E-state index is 11.7. The van der Waals surface area contributed by atoms with Crippen LogP contribution in [0.4, 0.5) is 0 Å². The first-order valence-corrected chi connectivity index (χ1v) is 11.8. The molecule has 0 spiro atoms. The second kappa shape index (κ2) is 7.22. The molecule has 0 bridgehead atoms. The first-order chi connectivity index (χ1) is 14.4. The van der Waals surface area contributed by atoms with Crippen LogP contribution in [0.1, 0.15) is 0 Å². The number of para-hydroxylation sites is 1. The molecule has 4 nitrogen and oxygen atoms in total. The maximum absolute atomic E-state index is 11.7. The Bertz CT molecular complexity index is 1470. The van der Waals surface area contributed by atoms with Crippen molar-refractivity contribution in [3.63, 3.8) is 0 Å². The highest BCUT2D eigenvalue weighted by Crippen LogP contribution is 2.36. The molecule has 0 atom stereocenters. The molecule has 1 aromatic heterocycles. The number of nitrogens with zero attached hydrogens (tertiary/aromatic N) is 1. The van der Waals surface area contributed by atoms with E-state index in [0.717, 1.165) is 37.7 Å². The molecule has 0 radical (unpaired) electrons. The summed E-state index contributed by atoms with van der Waals surface area (Å²) in [5.74, 6) is 0. The zero-order valence-corrected chi connectivity index (χ0v) is 18.2. The van der Waals surface area contributed by atoms with Crippen LogP contribution in [0.15, 0.2) is 95.5 Å². The predicted molar refractivity (Wildman–Crippen MR) is 126 cm³/mol. The highest BCUT2D eigenvalue weighted by atomic mass is 79.9. The second-order valence-electron chi connectivity index (χ2n) is 7.16. The van der Waals surface area contributed by atoms with Crippen LogP contribution in [0.5, 0.6) is 0 Å². The summed E-state index contributed by atoms with van der Waals surface area (Å²) in [5, 5.41) is 2.35. The molecule has 148 valence electrons. The van der Waals surface area contributed by atoms with E-state index in [4.69, 9.17) is 0 Å². The Hall–Kier alpha value is -2.69. The van der Waals surface area contributed by atoms with Gasteiger partial charge in [0.15, 0.2) is 0 Å². The summed E-state index contributed by atoms with van der Waals surface area (Å²) in [4.78, 5) is 19.1. The van der Waals surface area contributed by atoms with E-state index in [9.17, 15) is 14.4 Å². The van der Waals surface area contributed by atoms with Crippen LogP contribution in [0.2, 0.25) is 0 Å². The van der Waals surface area contributed by atoms with Crippen molar-refractivity contribution in [3.8, 4) is 16.8 Å². The molecule has 4 aromatic carbocycles. The molecule has 0 aliphatic heterocycles. The Morgan fingerprint density at radius 2 is 1.40 bits per heavy atom. The van der Waals surface area contributed by atoms with Gasteiger partial charge in [-0.3, -0.25) is 4.57 Å². The zero-order valence-electron chi connectivity index (χ0n) is 15.7. The minimum absolute atomic E-state index is 0.0205. The Kier molecular flexibility index (Phi) is 4.64. The normalized spacial score (nSPS) is 12.0. The first-order valence-electron chi connectivity index (χ1n) is 9.37. The van der Waals surface area contributed by atoms with Gasteiger partial charge in [-0.25, -0.2) is 0 Å². The maximum Gasteiger partial charge on any atom is 0.356 e. The largest absolute Gasteiger partial charge is 0.356 e. The third-order valence-electron chi connectivity index (χ3n) is 5.25. The minimum atomic E-state index is -4.30. The molecular weight excluding hydrogens is 461 g/mol. The second-order valence-corrected chi connectivity index (χ2v) is 9.68. The standard InChI is InChI=1S/C24H17BrNO3P/c25-18-11-12-24-22(15-18)21-9-1-2-10-23(21)26(24)19-7-3-5-16(13-19)17-6-4-8-20(14-17)30(27,28)29/h1-15H,(H2,27,28,29). The lowest BCUT2D eigenvalue weighted by Gasteiger charge is -2.11. The number of benzene rings is 4. The average molecular weight is 478 g/mol. The predicted octanol–water partition coefficient (Wildman–Crippen LogP) is 6.02. The summed E-state index contributed by atoms with van der Waals surface area (Å²) in [6.07, 6.45) is 0. The van der Waals surface area contributed by atoms with Crippen molar-refractivity contribution in [1.29, 1.82) is 0 Å². The summed E-state index contributed by atoms with van der Waals surface area (Å²) in [6, 6.07) is 29.1. The Balaban J connectivity index is 1.74. The molecule has 5 rings (SSSR count). The van der Waals surface area contributed by atoms with Crippen LogP contribution in [0, 0.1) is 0 Å². The lowest BCUT2D eigenvalue weighted by molar-refractivity contribution is 0.387. The van der Waals surface area contributed by atoms with Gasteiger partial charge in [0.05, 0.1) is 16.3 Å². The van der Waals surface area contributed by atoms with E-state index in [1.807, 2.05) is 48.5 Å². The van der Waals surface area contributed by atoms with Crippen molar-refractivity contribution < 1.29 is 14.4 Å². The van der Waals surface area contributed by atoms with E-state index in [1.165, 1.54) is 11.5 Å². The van der Waals surface area contributed by atoms with Gasteiger partial charge in [-0.2, -0.15) is 0 Å². The molecule has 30 heavy (non-hydrogen) atoms. The molecule has 0 unspecified atom stereocenters. The third-order valence-corrected chi connectivity index (χ3v) is 6.70. The van der Waals surface area contributed by atoms with E-state index in [1.54, 1.807) is 12.1 Å². The topological polar surface area (TPSA) is 62.5 Å². The highest BCUT2D eigenvalue weighted by molar-refractivity contribution is 9.10. The van der Waals surface area contributed by atoms with Gasteiger partial charge < -0.3 is 14.4 Å². The molecule has 0 amide bonds. The fraction of sp³-hybridized carbons (Fsp3) is 0. The molecule has 0 aliphatic carbocycles. The van der Waals surface area contributed by atoms with Crippen LogP contribution >= 0.6 is 23.5 Å². The van der Waals surface area contributed by atoms with Gasteiger partial charge in [-0.05, 0) is 59.7 Å². The Labute approximate surface area is 181 Å². The molecule has 0 saturated heterocycles. The van der Waals surface area contributed by atoms with Gasteiger partial charge in [0, 0.05) is 20.9 Å². The summed E-state index contributed by atoms with van der Waals surface area (Å²) in [5.41, 5.74) is 4.85. The lowest BCUT2D eigenvalue weighted by atomic mass is 10.1. The van der Waals surface area contributed by atoms with Gasteiger partial charge in [0.2, 0.25) is 0 Å². The molecule has 1 heterocycles. The van der Waals surface area contributed by atoms with Gasteiger partial charge in [-0.15, -0.1) is 0 Å². The smallest absolute Gasteiger partial charge is 0.321 e. The monoisotopic (exact) mass is 477 g/mol. The highest BCUT2D eigenvalue weighted by Gasteiger charge is 2.18. The minimum Gasteiger partial charge on any atom is -0.321 e.